The van der Waals surface area contributed by atoms with Gasteiger partial charge in [-0.15, -0.1) is 0 Å². The number of carbonyl (C=O) groups excluding carboxylic acids is 3. The molecule has 0 N–H and O–H groups in total. The van der Waals surface area contributed by atoms with E-state index in [1.54, 1.807) is 0 Å². The van der Waals surface area contributed by atoms with Crippen LogP contribution in [0.2, 0.25) is 0 Å². The molecule has 6 heteroatoms. The summed E-state index contributed by atoms with van der Waals surface area (Å²) < 4.78 is 17.0. The van der Waals surface area contributed by atoms with Crippen molar-refractivity contribution < 1.29 is 28.6 Å². The van der Waals surface area contributed by atoms with E-state index < -0.39 is 6.10 Å². The third-order valence-corrected chi connectivity index (χ3v) is 16.3. The summed E-state index contributed by atoms with van der Waals surface area (Å²) in [5.41, 5.74) is 0. The zero-order valence-corrected chi connectivity index (χ0v) is 55.0. The fourth-order valence-corrected chi connectivity index (χ4v) is 10.8. The van der Waals surface area contributed by atoms with Crippen molar-refractivity contribution in [1.82, 2.24) is 0 Å². The van der Waals surface area contributed by atoms with Crippen molar-refractivity contribution in [2.75, 3.05) is 13.2 Å². The van der Waals surface area contributed by atoms with Gasteiger partial charge >= 0.3 is 17.9 Å². The predicted octanol–water partition coefficient (Wildman–Crippen LogP) is 25.1. The molecule has 82 heavy (non-hydrogen) atoms. The van der Waals surface area contributed by atoms with E-state index in [1.807, 2.05) is 0 Å². The molecule has 0 spiro atoms. The van der Waals surface area contributed by atoms with Crippen molar-refractivity contribution in [3.8, 4) is 0 Å². The second-order valence-electron chi connectivity index (χ2n) is 24.5. The molecule has 6 nitrogen and oxygen atoms in total. The Kier molecular flexibility index (Phi) is 68.1. The largest absolute Gasteiger partial charge is 0.462 e. The Morgan fingerprint density at radius 3 is 0.756 bits per heavy atom. The highest BCUT2D eigenvalue weighted by molar-refractivity contribution is 5.71. The molecule has 0 saturated heterocycles. The average Bonchev–Trinajstić information content (AvgIpc) is 3.47. The molecule has 0 saturated carbocycles. The number of carbonyl (C=O) groups is 3. The van der Waals surface area contributed by atoms with Gasteiger partial charge in [0.25, 0.3) is 0 Å². The van der Waals surface area contributed by atoms with Crippen LogP contribution in [-0.2, 0) is 28.6 Å². The van der Waals surface area contributed by atoms with Crippen molar-refractivity contribution >= 4 is 17.9 Å². The van der Waals surface area contributed by atoms with Crippen molar-refractivity contribution in [3.63, 3.8) is 0 Å². The van der Waals surface area contributed by atoms with E-state index in [2.05, 4.69) is 81.5 Å². The van der Waals surface area contributed by atoms with Crippen LogP contribution in [0.25, 0.3) is 0 Å². The standard InChI is InChI=1S/C76H138O6/c1-4-7-10-13-16-19-22-25-28-31-34-36-38-40-42-45-48-51-54-57-60-63-66-69-75(78)81-72-73(71-80-74(77)68-65-62-59-56-53-50-47-44-33-30-27-24-21-18-15-12-9-6-3)82-76(79)70-67-64-61-58-55-52-49-46-43-41-39-37-35-32-29-26-23-20-17-14-11-8-5-2/h7,10,16,19,25,28,30,33-34,36,73H,4-6,8-9,11-15,17-18,20-24,26-27,29,31-32,35,37-72H2,1-3H3/b10-7-,19-16-,28-25-,33-30-,36-34-. The van der Waals surface area contributed by atoms with E-state index in [4.69, 9.17) is 14.2 Å². The van der Waals surface area contributed by atoms with Gasteiger partial charge in [0.2, 0.25) is 0 Å². The Balaban J connectivity index is 4.33. The monoisotopic (exact) mass is 1150 g/mol. The summed E-state index contributed by atoms with van der Waals surface area (Å²) in [4.78, 5) is 38.5. The molecule has 0 bridgehead atoms. The summed E-state index contributed by atoms with van der Waals surface area (Å²) >= 11 is 0. The molecular formula is C76H138O6. The highest BCUT2D eigenvalue weighted by Crippen LogP contribution is 2.18. The molecule has 0 radical (unpaired) electrons. The molecule has 0 rings (SSSR count). The normalized spacial score (nSPS) is 12.4. The van der Waals surface area contributed by atoms with Crippen molar-refractivity contribution in [2.45, 2.75) is 393 Å². The van der Waals surface area contributed by atoms with Gasteiger partial charge in [-0.05, 0) is 83.5 Å². The molecule has 0 aliphatic heterocycles. The van der Waals surface area contributed by atoms with Gasteiger partial charge in [-0.1, -0.05) is 345 Å². The molecule has 0 aliphatic carbocycles. The minimum Gasteiger partial charge on any atom is -0.462 e. The quantitative estimate of drug-likeness (QED) is 0.0261. The van der Waals surface area contributed by atoms with Crippen LogP contribution in [0.15, 0.2) is 60.8 Å². The fraction of sp³-hybridized carbons (Fsp3) is 0.829. The zero-order valence-electron chi connectivity index (χ0n) is 55.0. The average molecular weight is 1150 g/mol. The minimum absolute atomic E-state index is 0.0734. The number of ether oxygens (including phenoxy) is 3. The lowest BCUT2D eigenvalue weighted by atomic mass is 10.0. The topological polar surface area (TPSA) is 78.9 Å². The van der Waals surface area contributed by atoms with E-state index >= 15 is 0 Å². The third-order valence-electron chi connectivity index (χ3n) is 16.3. The fourth-order valence-electron chi connectivity index (χ4n) is 10.8. The number of hydrogen-bond acceptors (Lipinski definition) is 6. The van der Waals surface area contributed by atoms with Gasteiger partial charge in [0.05, 0.1) is 0 Å². The number of unbranched alkanes of at least 4 members (excludes halogenated alkanes) is 46. The van der Waals surface area contributed by atoms with Crippen LogP contribution in [-0.4, -0.2) is 37.2 Å². The third kappa shape index (κ3) is 67.9. The first-order valence-corrected chi connectivity index (χ1v) is 36.3. The number of rotatable bonds is 67. The maximum absolute atomic E-state index is 13.0. The zero-order chi connectivity index (χ0) is 59.2. The van der Waals surface area contributed by atoms with Crippen LogP contribution in [0.4, 0.5) is 0 Å². The first-order valence-electron chi connectivity index (χ1n) is 36.3. The maximum Gasteiger partial charge on any atom is 0.306 e. The van der Waals surface area contributed by atoms with Crippen molar-refractivity contribution in [2.24, 2.45) is 0 Å². The molecule has 0 aromatic heterocycles. The van der Waals surface area contributed by atoms with Gasteiger partial charge in [-0.3, -0.25) is 14.4 Å². The molecule has 0 heterocycles. The number of hydrogen-bond donors (Lipinski definition) is 0. The summed E-state index contributed by atoms with van der Waals surface area (Å²) in [5.74, 6) is -0.854. The Morgan fingerprint density at radius 1 is 0.256 bits per heavy atom. The summed E-state index contributed by atoms with van der Waals surface area (Å²) in [6.07, 6.45) is 91.0. The predicted molar refractivity (Wildman–Crippen MR) is 358 cm³/mol. The summed E-state index contributed by atoms with van der Waals surface area (Å²) in [5, 5.41) is 0. The second-order valence-corrected chi connectivity index (χ2v) is 24.5. The van der Waals surface area contributed by atoms with Gasteiger partial charge in [-0.25, -0.2) is 0 Å². The number of esters is 3. The molecular weight excluding hydrogens is 1010 g/mol. The molecule has 0 fully saturated rings. The Bertz CT molecular complexity index is 1460. The van der Waals surface area contributed by atoms with Gasteiger partial charge in [0, 0.05) is 19.3 Å². The lowest BCUT2D eigenvalue weighted by molar-refractivity contribution is -0.167. The molecule has 1 unspecified atom stereocenters. The summed E-state index contributed by atoms with van der Waals surface area (Å²) in [6.45, 7) is 6.59. The highest BCUT2D eigenvalue weighted by Gasteiger charge is 2.19. The van der Waals surface area contributed by atoms with Crippen LogP contribution in [0, 0.1) is 0 Å². The molecule has 0 aromatic rings. The SMILES string of the molecule is CC/C=C\C/C=C\C/C=C\C/C=C\CCCCCCCCCCCCC(=O)OCC(COC(=O)CCCCCCCCC/C=C\CCCCCCCCC)OC(=O)CCCCCCCCCCCCCCCCCCCCCCCCC. The van der Waals surface area contributed by atoms with Crippen LogP contribution in [0.1, 0.15) is 387 Å². The van der Waals surface area contributed by atoms with Gasteiger partial charge in [0.1, 0.15) is 13.2 Å². The van der Waals surface area contributed by atoms with E-state index in [0.717, 1.165) is 83.5 Å². The smallest absolute Gasteiger partial charge is 0.306 e. The highest BCUT2D eigenvalue weighted by atomic mass is 16.6. The lowest BCUT2D eigenvalue weighted by Gasteiger charge is -2.18. The summed E-state index contributed by atoms with van der Waals surface area (Å²) in [7, 11) is 0. The molecule has 1 atom stereocenters. The van der Waals surface area contributed by atoms with Crippen LogP contribution >= 0.6 is 0 Å². The van der Waals surface area contributed by atoms with Crippen LogP contribution in [0.5, 0.6) is 0 Å². The van der Waals surface area contributed by atoms with E-state index in [9.17, 15) is 14.4 Å². The van der Waals surface area contributed by atoms with E-state index in [0.29, 0.717) is 19.3 Å². The molecule has 478 valence electrons. The van der Waals surface area contributed by atoms with Gasteiger partial charge < -0.3 is 14.2 Å². The van der Waals surface area contributed by atoms with Crippen LogP contribution < -0.4 is 0 Å². The molecule has 0 amide bonds. The van der Waals surface area contributed by atoms with Gasteiger partial charge in [0.15, 0.2) is 6.10 Å². The van der Waals surface area contributed by atoms with E-state index in [-0.39, 0.29) is 31.1 Å². The first kappa shape index (κ1) is 79.1. The minimum atomic E-state index is -0.778. The Morgan fingerprint density at radius 2 is 0.476 bits per heavy atom. The first-order chi connectivity index (χ1) is 40.5. The van der Waals surface area contributed by atoms with E-state index in [1.165, 1.54) is 263 Å². The van der Waals surface area contributed by atoms with Crippen molar-refractivity contribution in [3.05, 3.63) is 60.8 Å². The summed E-state index contributed by atoms with van der Waals surface area (Å²) in [6, 6.07) is 0. The van der Waals surface area contributed by atoms with Gasteiger partial charge in [-0.2, -0.15) is 0 Å². The Hall–Kier alpha value is -2.89. The maximum atomic E-state index is 13.0. The Labute approximate surface area is 510 Å². The second kappa shape index (κ2) is 70.6. The lowest BCUT2D eigenvalue weighted by Crippen LogP contribution is -2.30. The molecule has 0 aromatic carbocycles. The molecule has 0 aliphatic rings. The van der Waals surface area contributed by atoms with Crippen molar-refractivity contribution in [1.29, 1.82) is 0 Å². The van der Waals surface area contributed by atoms with Crippen LogP contribution in [0.3, 0.4) is 0 Å². The number of allylic oxidation sites excluding steroid dienone is 10.